The summed E-state index contributed by atoms with van der Waals surface area (Å²) < 4.78 is 5.35. The van der Waals surface area contributed by atoms with E-state index in [1.807, 2.05) is 13.8 Å². The van der Waals surface area contributed by atoms with E-state index in [1.165, 1.54) is 17.2 Å². The number of Topliss-reactive ketones (excluding diaryl/α,β-unsaturated/α-hetero) is 1. The fourth-order valence-electron chi connectivity index (χ4n) is 4.17. The van der Waals surface area contributed by atoms with Gasteiger partial charge in [-0.3, -0.25) is 19.5 Å². The van der Waals surface area contributed by atoms with Gasteiger partial charge in [0.15, 0.2) is 0 Å². The van der Waals surface area contributed by atoms with Gasteiger partial charge in [0.2, 0.25) is 0 Å². The molecule has 0 radical (unpaired) electrons. The molecule has 1 unspecified atom stereocenters. The minimum atomic E-state index is -0.965. The largest absolute Gasteiger partial charge is 0.507 e. The van der Waals surface area contributed by atoms with Gasteiger partial charge in [0.25, 0.3) is 11.7 Å². The maximum atomic E-state index is 13.3. The molecule has 3 aromatic rings. The molecule has 33 heavy (non-hydrogen) atoms. The zero-order valence-corrected chi connectivity index (χ0v) is 18.8. The number of hydrogen-bond acceptors (Lipinski definition) is 6. The van der Waals surface area contributed by atoms with Crippen LogP contribution in [0.25, 0.3) is 5.76 Å². The first-order valence-electron chi connectivity index (χ1n) is 10.4. The lowest BCUT2D eigenvalue weighted by Crippen LogP contribution is -2.29. The number of phenols is 1. The molecule has 1 aliphatic rings. The molecule has 0 spiro atoms. The van der Waals surface area contributed by atoms with Gasteiger partial charge >= 0.3 is 0 Å². The molecule has 7 nitrogen and oxygen atoms in total. The fourth-order valence-corrected chi connectivity index (χ4v) is 4.17. The number of aromatic nitrogens is 1. The topological polar surface area (TPSA) is 100.0 Å². The Morgan fingerprint density at radius 1 is 1.06 bits per heavy atom. The molecular weight excluding hydrogens is 420 g/mol. The summed E-state index contributed by atoms with van der Waals surface area (Å²) in [6, 6.07) is 10.8. The molecule has 1 amide bonds. The number of aryl methyl sites for hydroxylation is 3. The van der Waals surface area contributed by atoms with E-state index in [2.05, 4.69) is 4.98 Å². The molecule has 2 heterocycles. The standard InChI is InChI=1S/C26H24N2O5/c1-14-7-8-20(29)19(10-14)28-23(17-6-5-9-27-13-17)22(25(31)26(28)32)24(30)18-11-16(3)21(33-4)12-15(18)2/h5-13,23,29-30H,1-4H3/b24-22+. The monoisotopic (exact) mass is 444 g/mol. The van der Waals surface area contributed by atoms with Gasteiger partial charge < -0.3 is 14.9 Å². The van der Waals surface area contributed by atoms with Gasteiger partial charge in [-0.2, -0.15) is 0 Å². The van der Waals surface area contributed by atoms with Crippen molar-refractivity contribution in [3.63, 3.8) is 0 Å². The van der Waals surface area contributed by atoms with Crippen LogP contribution in [-0.2, 0) is 9.59 Å². The highest BCUT2D eigenvalue weighted by Gasteiger charge is 2.48. The summed E-state index contributed by atoms with van der Waals surface area (Å²) >= 11 is 0. The Labute approximate surface area is 191 Å². The third-order valence-electron chi connectivity index (χ3n) is 5.83. The number of methoxy groups -OCH3 is 1. The summed E-state index contributed by atoms with van der Waals surface area (Å²) in [5.74, 6) is -1.46. The number of aromatic hydroxyl groups is 1. The first kappa shape index (κ1) is 22.1. The molecule has 0 bridgehead atoms. The van der Waals surface area contributed by atoms with Gasteiger partial charge in [-0.25, -0.2) is 0 Å². The van der Waals surface area contributed by atoms with Crippen LogP contribution in [0.3, 0.4) is 0 Å². The van der Waals surface area contributed by atoms with E-state index in [1.54, 1.807) is 56.6 Å². The van der Waals surface area contributed by atoms with Gasteiger partial charge in [-0.15, -0.1) is 0 Å². The van der Waals surface area contributed by atoms with Gasteiger partial charge in [0.05, 0.1) is 24.4 Å². The number of aliphatic hydroxyl groups excluding tert-OH is 1. The highest BCUT2D eigenvalue weighted by Crippen LogP contribution is 2.45. The number of pyridine rings is 1. The van der Waals surface area contributed by atoms with Crippen molar-refractivity contribution in [2.45, 2.75) is 26.8 Å². The number of hydrogen-bond donors (Lipinski definition) is 2. The molecule has 1 aliphatic heterocycles. The maximum Gasteiger partial charge on any atom is 0.300 e. The molecule has 0 aliphatic carbocycles. The van der Waals surface area contributed by atoms with Crippen LogP contribution in [0.2, 0.25) is 0 Å². The number of anilines is 1. The SMILES string of the molecule is COc1cc(C)c(/C(O)=C2\C(=O)C(=O)N(c3cc(C)ccc3O)C2c2cccnc2)cc1C. The number of ether oxygens (including phenoxy) is 1. The highest BCUT2D eigenvalue weighted by molar-refractivity contribution is 6.52. The zero-order valence-electron chi connectivity index (χ0n) is 18.8. The Bertz CT molecular complexity index is 1300. The van der Waals surface area contributed by atoms with Crippen molar-refractivity contribution in [3.8, 4) is 11.5 Å². The van der Waals surface area contributed by atoms with Crippen molar-refractivity contribution < 1.29 is 24.5 Å². The second kappa shape index (κ2) is 8.43. The number of aliphatic hydroxyl groups is 1. The minimum Gasteiger partial charge on any atom is -0.507 e. The first-order chi connectivity index (χ1) is 15.7. The molecule has 1 aromatic heterocycles. The van der Waals surface area contributed by atoms with Crippen LogP contribution in [0.15, 0.2) is 60.4 Å². The number of nitrogens with zero attached hydrogens (tertiary/aromatic N) is 2. The molecule has 2 N–H and O–H groups in total. The van der Waals surface area contributed by atoms with Crippen LogP contribution < -0.4 is 9.64 Å². The van der Waals surface area contributed by atoms with Crippen molar-refractivity contribution >= 4 is 23.1 Å². The number of ketones is 1. The predicted octanol–water partition coefficient (Wildman–Crippen LogP) is 4.35. The molecule has 1 fully saturated rings. The summed E-state index contributed by atoms with van der Waals surface area (Å²) in [4.78, 5) is 31.9. The molecule has 168 valence electrons. The summed E-state index contributed by atoms with van der Waals surface area (Å²) in [6.07, 6.45) is 3.12. The van der Waals surface area contributed by atoms with Crippen LogP contribution in [-0.4, -0.2) is 34.0 Å². The quantitative estimate of drug-likeness (QED) is 0.353. The second-order valence-electron chi connectivity index (χ2n) is 8.08. The average molecular weight is 444 g/mol. The predicted molar refractivity (Wildman–Crippen MR) is 124 cm³/mol. The van der Waals surface area contributed by atoms with E-state index in [0.717, 1.165) is 11.1 Å². The van der Waals surface area contributed by atoms with Crippen molar-refractivity contribution in [1.29, 1.82) is 0 Å². The van der Waals surface area contributed by atoms with Gasteiger partial charge in [0, 0.05) is 18.0 Å². The summed E-state index contributed by atoms with van der Waals surface area (Å²) in [6.45, 7) is 5.44. The number of phenolic OH excluding ortho intramolecular Hbond substituents is 1. The summed E-state index contributed by atoms with van der Waals surface area (Å²) in [5, 5.41) is 21.9. The molecule has 1 saturated heterocycles. The van der Waals surface area contributed by atoms with Crippen molar-refractivity contribution in [1.82, 2.24) is 4.98 Å². The van der Waals surface area contributed by atoms with Crippen LogP contribution in [0.4, 0.5) is 5.69 Å². The Kier molecular flexibility index (Phi) is 5.64. The summed E-state index contributed by atoms with van der Waals surface area (Å²) in [7, 11) is 1.56. The normalized spacial score (nSPS) is 17.5. The number of amides is 1. The third kappa shape index (κ3) is 3.71. The van der Waals surface area contributed by atoms with E-state index >= 15 is 0 Å². The van der Waals surface area contributed by atoms with Gasteiger partial charge in [-0.05, 0) is 73.4 Å². The Morgan fingerprint density at radius 3 is 2.48 bits per heavy atom. The first-order valence-corrected chi connectivity index (χ1v) is 10.4. The Morgan fingerprint density at radius 2 is 1.82 bits per heavy atom. The molecule has 0 saturated carbocycles. The molecule has 2 aromatic carbocycles. The lowest BCUT2D eigenvalue weighted by molar-refractivity contribution is -0.132. The molecule has 7 heteroatoms. The number of carbonyl (C=O) groups excluding carboxylic acids is 2. The second-order valence-corrected chi connectivity index (χ2v) is 8.08. The summed E-state index contributed by atoms with van der Waals surface area (Å²) in [5.41, 5.74) is 3.33. The van der Waals surface area contributed by atoms with Crippen molar-refractivity contribution in [2.75, 3.05) is 12.0 Å². The number of benzene rings is 2. The molecular formula is C26H24N2O5. The van der Waals surface area contributed by atoms with Crippen LogP contribution in [0, 0.1) is 20.8 Å². The Balaban J connectivity index is 1.99. The number of rotatable bonds is 4. The van der Waals surface area contributed by atoms with Crippen molar-refractivity contribution in [3.05, 3.63) is 88.2 Å². The fraction of sp³-hybridized carbons (Fsp3) is 0.192. The van der Waals surface area contributed by atoms with Crippen LogP contribution in [0.5, 0.6) is 11.5 Å². The maximum absolute atomic E-state index is 13.3. The average Bonchev–Trinajstić information content (AvgIpc) is 3.07. The van der Waals surface area contributed by atoms with E-state index < -0.39 is 17.7 Å². The van der Waals surface area contributed by atoms with Gasteiger partial charge in [-0.1, -0.05) is 12.1 Å². The van der Waals surface area contributed by atoms with E-state index in [9.17, 15) is 19.8 Å². The smallest absolute Gasteiger partial charge is 0.300 e. The van der Waals surface area contributed by atoms with E-state index in [-0.39, 0.29) is 22.8 Å². The molecule has 1 atom stereocenters. The Hall–Kier alpha value is -4.13. The minimum absolute atomic E-state index is 0.0680. The zero-order chi connectivity index (χ0) is 23.9. The number of carbonyl (C=O) groups is 2. The third-order valence-corrected chi connectivity index (χ3v) is 5.83. The van der Waals surface area contributed by atoms with Crippen LogP contribution in [0.1, 0.15) is 33.9 Å². The lowest BCUT2D eigenvalue weighted by Gasteiger charge is -2.26. The molecule has 4 rings (SSSR count). The van der Waals surface area contributed by atoms with Crippen LogP contribution >= 0.6 is 0 Å². The lowest BCUT2D eigenvalue weighted by atomic mass is 9.93. The van der Waals surface area contributed by atoms with Crippen molar-refractivity contribution in [2.24, 2.45) is 0 Å². The highest BCUT2D eigenvalue weighted by atomic mass is 16.5. The van der Waals surface area contributed by atoms with E-state index in [4.69, 9.17) is 4.74 Å². The van der Waals surface area contributed by atoms with E-state index in [0.29, 0.717) is 22.4 Å². The van der Waals surface area contributed by atoms with Gasteiger partial charge in [0.1, 0.15) is 17.3 Å².